The van der Waals surface area contributed by atoms with Gasteiger partial charge in [0, 0.05) is 24.3 Å². The number of hydrogen-bond acceptors (Lipinski definition) is 2. The first kappa shape index (κ1) is 12.2. The quantitative estimate of drug-likeness (QED) is 0.765. The Morgan fingerprint density at radius 1 is 1.21 bits per heavy atom. The molecule has 3 rings (SSSR count). The molecule has 4 heteroatoms. The number of urea groups is 1. The van der Waals surface area contributed by atoms with Crippen molar-refractivity contribution in [3.8, 4) is 0 Å². The fourth-order valence-electron chi connectivity index (χ4n) is 2.98. The first-order valence-electron chi connectivity index (χ1n) is 6.86. The number of hydrogen-bond donors (Lipinski definition) is 0. The zero-order valence-corrected chi connectivity index (χ0v) is 11.1. The molecule has 2 heterocycles. The summed E-state index contributed by atoms with van der Waals surface area (Å²) in [5.74, 6) is 0.0525. The Labute approximate surface area is 113 Å². The second kappa shape index (κ2) is 4.68. The Balaban J connectivity index is 1.82. The molecule has 0 unspecified atom stereocenters. The molecule has 2 saturated heterocycles. The average Bonchev–Trinajstić information content (AvgIpc) is 2.77. The molecule has 2 aliphatic heterocycles. The third-order valence-electron chi connectivity index (χ3n) is 4.08. The van der Waals surface area contributed by atoms with Gasteiger partial charge in [-0.05, 0) is 50.5 Å². The van der Waals surface area contributed by atoms with Crippen molar-refractivity contribution in [3.63, 3.8) is 0 Å². The van der Waals surface area contributed by atoms with Gasteiger partial charge < -0.3 is 4.90 Å². The second-order valence-corrected chi connectivity index (χ2v) is 5.34. The molecule has 2 fully saturated rings. The molecule has 0 aliphatic carbocycles. The first-order valence-corrected chi connectivity index (χ1v) is 6.86. The van der Waals surface area contributed by atoms with Crippen molar-refractivity contribution in [2.75, 3.05) is 18.0 Å². The van der Waals surface area contributed by atoms with E-state index < -0.39 is 0 Å². The number of Topliss-reactive ketones (excluding diaryl/α,β-unsaturated/α-hetero) is 1. The Morgan fingerprint density at radius 3 is 2.58 bits per heavy atom. The van der Waals surface area contributed by atoms with E-state index in [1.807, 2.05) is 21.9 Å². The van der Waals surface area contributed by atoms with Crippen molar-refractivity contribution >= 4 is 17.5 Å². The van der Waals surface area contributed by atoms with Crippen LogP contribution in [0.15, 0.2) is 24.3 Å². The van der Waals surface area contributed by atoms with E-state index in [4.69, 9.17) is 0 Å². The van der Waals surface area contributed by atoms with E-state index in [0.29, 0.717) is 11.6 Å². The number of ketones is 1. The van der Waals surface area contributed by atoms with Gasteiger partial charge in [-0.3, -0.25) is 9.69 Å². The Morgan fingerprint density at radius 2 is 1.95 bits per heavy atom. The van der Waals surface area contributed by atoms with Crippen LogP contribution in [0.3, 0.4) is 0 Å². The lowest BCUT2D eigenvalue weighted by molar-refractivity contribution is 0.101. The predicted octanol–water partition coefficient (Wildman–Crippen LogP) is 2.68. The summed E-state index contributed by atoms with van der Waals surface area (Å²) in [5.41, 5.74) is 1.58. The van der Waals surface area contributed by atoms with E-state index in [0.717, 1.165) is 31.6 Å². The number of piperidine rings is 1. The highest BCUT2D eigenvalue weighted by atomic mass is 16.2. The van der Waals surface area contributed by atoms with E-state index in [2.05, 4.69) is 0 Å². The van der Waals surface area contributed by atoms with E-state index in [1.54, 1.807) is 19.1 Å². The summed E-state index contributed by atoms with van der Waals surface area (Å²) in [6.45, 7) is 3.21. The van der Waals surface area contributed by atoms with Gasteiger partial charge in [0.25, 0.3) is 0 Å². The molecule has 1 atom stereocenters. The molecule has 0 radical (unpaired) electrons. The number of fused-ring (bicyclic) bond motifs is 1. The molecule has 4 nitrogen and oxygen atoms in total. The van der Waals surface area contributed by atoms with Gasteiger partial charge in [0.05, 0.1) is 6.04 Å². The molecular weight excluding hydrogens is 240 g/mol. The van der Waals surface area contributed by atoms with Gasteiger partial charge >= 0.3 is 6.03 Å². The van der Waals surface area contributed by atoms with Crippen LogP contribution in [0, 0.1) is 0 Å². The van der Waals surface area contributed by atoms with Crippen LogP contribution < -0.4 is 4.90 Å². The van der Waals surface area contributed by atoms with E-state index >= 15 is 0 Å². The Bertz CT molecular complexity index is 509. The number of carbonyl (C=O) groups is 2. The minimum atomic E-state index is 0.0525. The molecule has 0 saturated carbocycles. The third kappa shape index (κ3) is 2.11. The Hall–Kier alpha value is -1.84. The summed E-state index contributed by atoms with van der Waals surface area (Å²) in [6.07, 6.45) is 3.43. The summed E-state index contributed by atoms with van der Waals surface area (Å²) < 4.78 is 0. The summed E-state index contributed by atoms with van der Waals surface area (Å²) >= 11 is 0. The van der Waals surface area contributed by atoms with E-state index in [-0.39, 0.29) is 11.8 Å². The van der Waals surface area contributed by atoms with Crippen molar-refractivity contribution < 1.29 is 9.59 Å². The van der Waals surface area contributed by atoms with Crippen LogP contribution in [0.25, 0.3) is 0 Å². The molecule has 2 amide bonds. The summed E-state index contributed by atoms with van der Waals surface area (Å²) in [7, 11) is 0. The van der Waals surface area contributed by atoms with E-state index in [1.165, 1.54) is 6.42 Å². The molecule has 0 N–H and O–H groups in total. The van der Waals surface area contributed by atoms with Gasteiger partial charge in [-0.15, -0.1) is 0 Å². The van der Waals surface area contributed by atoms with Gasteiger partial charge in [-0.1, -0.05) is 0 Å². The zero-order valence-electron chi connectivity index (χ0n) is 11.1. The maximum Gasteiger partial charge on any atom is 0.324 e. The lowest BCUT2D eigenvalue weighted by Gasteiger charge is -2.27. The highest BCUT2D eigenvalue weighted by Crippen LogP contribution is 2.29. The van der Waals surface area contributed by atoms with Crippen molar-refractivity contribution in [2.24, 2.45) is 0 Å². The molecular formula is C15H18N2O2. The third-order valence-corrected chi connectivity index (χ3v) is 4.08. The molecule has 0 spiro atoms. The minimum Gasteiger partial charge on any atom is -0.320 e. The number of anilines is 1. The topological polar surface area (TPSA) is 40.6 Å². The van der Waals surface area contributed by atoms with Gasteiger partial charge in [-0.25, -0.2) is 4.79 Å². The summed E-state index contributed by atoms with van der Waals surface area (Å²) in [6, 6.07) is 7.80. The Kier molecular flexibility index (Phi) is 3.01. The number of nitrogens with zero attached hydrogens (tertiary/aromatic N) is 2. The molecule has 1 aromatic rings. The fourth-order valence-corrected chi connectivity index (χ4v) is 2.98. The average molecular weight is 258 g/mol. The molecule has 0 aromatic heterocycles. The lowest BCUT2D eigenvalue weighted by Crippen LogP contribution is -2.38. The zero-order chi connectivity index (χ0) is 13.4. The molecule has 1 aromatic carbocycles. The first-order chi connectivity index (χ1) is 9.16. The predicted molar refractivity (Wildman–Crippen MR) is 73.5 cm³/mol. The van der Waals surface area contributed by atoms with Crippen molar-refractivity contribution in [1.82, 2.24) is 4.90 Å². The largest absolute Gasteiger partial charge is 0.324 e. The fraction of sp³-hybridized carbons (Fsp3) is 0.467. The van der Waals surface area contributed by atoms with Crippen LogP contribution in [0.2, 0.25) is 0 Å². The lowest BCUT2D eigenvalue weighted by atomic mass is 10.0. The van der Waals surface area contributed by atoms with Crippen LogP contribution in [-0.4, -0.2) is 35.8 Å². The number of carbonyl (C=O) groups excluding carboxylic acids is 2. The molecule has 2 aliphatic rings. The number of rotatable bonds is 2. The smallest absolute Gasteiger partial charge is 0.320 e. The van der Waals surface area contributed by atoms with Crippen LogP contribution in [0.4, 0.5) is 10.5 Å². The van der Waals surface area contributed by atoms with Gasteiger partial charge in [0.1, 0.15) is 0 Å². The van der Waals surface area contributed by atoms with Crippen molar-refractivity contribution in [2.45, 2.75) is 32.2 Å². The maximum absolute atomic E-state index is 12.3. The van der Waals surface area contributed by atoms with Crippen molar-refractivity contribution in [1.29, 1.82) is 0 Å². The number of benzene rings is 1. The maximum atomic E-state index is 12.3. The van der Waals surface area contributed by atoms with E-state index in [9.17, 15) is 9.59 Å². The van der Waals surface area contributed by atoms with Crippen LogP contribution in [0.5, 0.6) is 0 Å². The highest BCUT2D eigenvalue weighted by molar-refractivity contribution is 5.97. The van der Waals surface area contributed by atoms with Crippen LogP contribution in [-0.2, 0) is 0 Å². The number of amides is 2. The molecule has 19 heavy (non-hydrogen) atoms. The van der Waals surface area contributed by atoms with Crippen LogP contribution >= 0.6 is 0 Å². The minimum absolute atomic E-state index is 0.0525. The standard InChI is InChI=1S/C15H18N2O2/c1-11(18)12-5-7-13(8-6-12)17-10-14-4-2-3-9-16(14)15(17)19/h5-8,14H,2-4,9-10H2,1H3/t14-/m0/s1. The van der Waals surface area contributed by atoms with Gasteiger partial charge in [0.15, 0.2) is 5.78 Å². The monoisotopic (exact) mass is 258 g/mol. The normalized spacial score (nSPS) is 22.6. The molecule has 0 bridgehead atoms. The van der Waals surface area contributed by atoms with Gasteiger partial charge in [0.2, 0.25) is 0 Å². The summed E-state index contributed by atoms with van der Waals surface area (Å²) in [5, 5.41) is 0. The summed E-state index contributed by atoms with van der Waals surface area (Å²) in [4.78, 5) is 27.4. The SMILES string of the molecule is CC(=O)c1ccc(N2C[C@@H]3CCCCN3C2=O)cc1. The van der Waals surface area contributed by atoms with Crippen molar-refractivity contribution in [3.05, 3.63) is 29.8 Å². The highest BCUT2D eigenvalue weighted by Gasteiger charge is 2.38. The molecule has 100 valence electrons. The second-order valence-electron chi connectivity index (χ2n) is 5.34. The van der Waals surface area contributed by atoms with Gasteiger partial charge in [-0.2, -0.15) is 0 Å². The van der Waals surface area contributed by atoms with Crippen LogP contribution in [0.1, 0.15) is 36.5 Å².